The fraction of sp³-hybridized carbons (Fsp3) is 0.365. The van der Waals surface area contributed by atoms with Crippen LogP contribution in [-0.2, 0) is 101 Å². The second-order valence-corrected chi connectivity index (χ2v) is 33.6. The Bertz CT molecular complexity index is 6070. The predicted molar refractivity (Wildman–Crippen MR) is 507 cm³/mol. The van der Waals surface area contributed by atoms with Gasteiger partial charge < -0.3 is 129 Å². The first-order valence-electron chi connectivity index (χ1n) is 45.1. The van der Waals surface area contributed by atoms with E-state index in [9.17, 15) is 33.6 Å². The van der Waals surface area contributed by atoms with Crippen LogP contribution in [0.5, 0.6) is 0 Å². The molecular formula is C96H120N24O13. The zero-order valence-electron chi connectivity index (χ0n) is 74.0. The fourth-order valence-electron chi connectivity index (χ4n) is 16.7. The number of benzene rings is 6. The molecule has 37 heteroatoms. The topological polar surface area (TPSA) is 631 Å². The highest BCUT2D eigenvalue weighted by molar-refractivity contribution is 6.02. The number of aromatic nitrogens is 6. The van der Waals surface area contributed by atoms with Crippen molar-refractivity contribution in [1.29, 1.82) is 0 Å². The Labute approximate surface area is 766 Å². The molecule has 0 aliphatic rings. The number of para-hydroxylation sites is 6. The van der Waals surface area contributed by atoms with E-state index in [0.29, 0.717) is 88.1 Å². The number of hydrogen-bond donors (Lipinski definition) is 24. The largest absolute Gasteiger partial charge is 0.370 e. The molecule has 0 radical (unpaired) electrons. The van der Waals surface area contributed by atoms with E-state index < -0.39 is 156 Å². The molecule has 133 heavy (non-hydrogen) atoms. The molecule has 0 spiro atoms. The lowest BCUT2D eigenvalue weighted by atomic mass is 10.0. The van der Waals surface area contributed by atoms with E-state index in [1.54, 1.807) is 91.8 Å². The van der Waals surface area contributed by atoms with Crippen molar-refractivity contribution in [3.63, 3.8) is 0 Å². The number of carbonyl (C=O) groups excluding carboxylic acids is 13. The third kappa shape index (κ3) is 26.6. The number of carbonyl (C=O) groups is 13. The molecule has 0 unspecified atom stereocenters. The molecule has 6 aromatic carbocycles. The minimum absolute atomic E-state index is 0.0157. The van der Waals surface area contributed by atoms with Gasteiger partial charge in [0.15, 0.2) is 0 Å². The Hall–Kier alpha value is -14.5. The number of H-pyrrole nitrogens is 6. The lowest BCUT2D eigenvalue weighted by Gasteiger charge is -2.28. The van der Waals surface area contributed by atoms with Crippen LogP contribution in [0.15, 0.2) is 183 Å². The predicted octanol–water partition coefficient (Wildman–Crippen LogP) is 2.50. The Morgan fingerprint density at radius 1 is 0.256 bits per heavy atom. The van der Waals surface area contributed by atoms with Crippen molar-refractivity contribution in [2.24, 2.45) is 40.1 Å². The fourth-order valence-corrected chi connectivity index (χ4v) is 16.7. The van der Waals surface area contributed by atoms with Crippen LogP contribution in [0, 0.1) is 0 Å². The maximum atomic E-state index is 15.3. The van der Waals surface area contributed by atoms with Gasteiger partial charge in [0.25, 0.3) is 0 Å². The number of unbranched alkanes of at least 4 members (excludes halogenated alkanes) is 4. The van der Waals surface area contributed by atoms with Crippen molar-refractivity contribution < 1.29 is 62.3 Å². The molecule has 6 heterocycles. The van der Waals surface area contributed by atoms with Gasteiger partial charge in [-0.15, -0.1) is 0 Å². The highest BCUT2D eigenvalue weighted by Crippen LogP contribution is 2.27. The third-order valence-electron chi connectivity index (χ3n) is 23.9. The van der Waals surface area contributed by atoms with Gasteiger partial charge in [-0.1, -0.05) is 109 Å². The lowest BCUT2D eigenvalue weighted by molar-refractivity contribution is -0.136. The van der Waals surface area contributed by atoms with Crippen LogP contribution in [0.3, 0.4) is 0 Å². The monoisotopic (exact) mass is 1820 g/mol. The summed E-state index contributed by atoms with van der Waals surface area (Å²) in [5.41, 5.74) is 50.4. The second-order valence-electron chi connectivity index (χ2n) is 33.6. The van der Waals surface area contributed by atoms with E-state index in [1.807, 2.05) is 91.0 Å². The van der Waals surface area contributed by atoms with Crippen molar-refractivity contribution >= 4 is 142 Å². The summed E-state index contributed by atoms with van der Waals surface area (Å²) in [7, 11) is 0. The van der Waals surface area contributed by atoms with E-state index >= 15 is 28.8 Å². The number of amides is 13. The van der Waals surface area contributed by atoms with E-state index in [4.69, 9.17) is 40.1 Å². The molecule has 13 amide bonds. The number of hydrogen-bond acceptors (Lipinski definition) is 18. The van der Waals surface area contributed by atoms with Crippen LogP contribution < -0.4 is 98.6 Å². The molecule has 0 bridgehead atoms. The van der Waals surface area contributed by atoms with Crippen LogP contribution in [0.25, 0.3) is 65.4 Å². The van der Waals surface area contributed by atoms with Gasteiger partial charge in [0.1, 0.15) is 60.4 Å². The molecule has 702 valence electrons. The van der Waals surface area contributed by atoms with E-state index in [-0.39, 0.29) is 103 Å². The van der Waals surface area contributed by atoms with Gasteiger partial charge in [-0.3, -0.25) is 62.3 Å². The van der Waals surface area contributed by atoms with E-state index in [2.05, 4.69) is 88.4 Å². The molecule has 31 N–H and O–H groups in total. The number of rotatable bonds is 53. The lowest BCUT2D eigenvalue weighted by Crippen LogP contribution is -2.60. The molecule has 0 saturated carbocycles. The minimum Gasteiger partial charge on any atom is -0.370 e. The molecule has 37 nitrogen and oxygen atoms in total. The van der Waals surface area contributed by atoms with Crippen molar-refractivity contribution in [3.8, 4) is 0 Å². The first-order valence-corrected chi connectivity index (χ1v) is 45.1. The maximum absolute atomic E-state index is 15.3. The molecule has 12 rings (SSSR count). The zero-order chi connectivity index (χ0) is 94.5. The number of nitrogens with two attached hydrogens (primary N) is 7. The summed E-state index contributed by atoms with van der Waals surface area (Å²) < 4.78 is 0. The van der Waals surface area contributed by atoms with Gasteiger partial charge in [0.05, 0.1) is 19.0 Å². The normalized spacial score (nSPS) is 14.0. The summed E-state index contributed by atoms with van der Waals surface area (Å²) in [5, 5.41) is 34.9. The molecule has 0 fully saturated rings. The summed E-state index contributed by atoms with van der Waals surface area (Å²) in [6.07, 6.45) is 11.9. The van der Waals surface area contributed by atoms with Crippen molar-refractivity contribution in [1.82, 2.24) is 88.4 Å². The van der Waals surface area contributed by atoms with Crippen LogP contribution in [0.4, 0.5) is 0 Å². The molecule has 0 aliphatic carbocycles. The Morgan fingerprint density at radius 2 is 0.481 bits per heavy atom. The van der Waals surface area contributed by atoms with Crippen LogP contribution >= 0.6 is 0 Å². The highest BCUT2D eigenvalue weighted by atomic mass is 16.2. The molecule has 6 aromatic heterocycles. The highest BCUT2D eigenvalue weighted by Gasteiger charge is 2.38. The summed E-state index contributed by atoms with van der Waals surface area (Å²) in [6, 6.07) is 28.4. The average Bonchev–Trinajstić information content (AvgIpc) is 1.76. The van der Waals surface area contributed by atoms with E-state index in [1.165, 1.54) is 0 Å². The first-order chi connectivity index (χ1) is 64.4. The SMILES string of the molecule is NCCCC[C@@H](NC(=O)[C@H](N)Cc1c[nH]c2ccccc12)C(=O)N[C@H](Cc1c[nH]c2ccccc12)C(=O)N[C@H](CCCCN)C(=O)N[C@H](Cc1c[nH]c2ccccc12)C(=O)N[C@@H](CC(N)=O)C(=O)NCC(=O)N[C@H](Cc1c[nH]c2ccccc12)C(=O)N[C@H](CCCCN)C(=O)N[C@H](Cc1c[nH]c2ccccc12)C(=O)N[C@H](CCCCN)C(=O)N[C@H](Cc1c[nH]c2ccccc12)C(N)=O. The number of aromatic amines is 6. The molecule has 12 aromatic rings. The first kappa shape index (κ1) is 97.5. The molecule has 0 aliphatic heterocycles. The molecule has 11 atom stereocenters. The number of fused-ring (bicyclic) bond motifs is 6. The Morgan fingerprint density at radius 3 is 0.752 bits per heavy atom. The smallest absolute Gasteiger partial charge is 0.243 e. The molecule has 0 saturated heterocycles. The van der Waals surface area contributed by atoms with Crippen LogP contribution in [0.1, 0.15) is 117 Å². The third-order valence-corrected chi connectivity index (χ3v) is 23.9. The number of nitrogens with one attached hydrogen (secondary N) is 17. The van der Waals surface area contributed by atoms with Gasteiger partial charge in [0.2, 0.25) is 76.8 Å². The second kappa shape index (κ2) is 47.9. The van der Waals surface area contributed by atoms with Crippen molar-refractivity contribution in [3.05, 3.63) is 216 Å². The van der Waals surface area contributed by atoms with Gasteiger partial charge >= 0.3 is 0 Å². The zero-order valence-corrected chi connectivity index (χ0v) is 74.0. The van der Waals surface area contributed by atoms with Crippen LogP contribution in [-0.4, -0.2) is 206 Å². The van der Waals surface area contributed by atoms with Gasteiger partial charge in [-0.2, -0.15) is 0 Å². The number of primary amides is 2. The van der Waals surface area contributed by atoms with Gasteiger partial charge in [0, 0.05) is 135 Å². The molecular weight excluding hydrogens is 1700 g/mol. The minimum atomic E-state index is -1.83. The summed E-state index contributed by atoms with van der Waals surface area (Å²) in [6.45, 7) is 0.0558. The van der Waals surface area contributed by atoms with Crippen molar-refractivity contribution in [2.75, 3.05) is 32.7 Å². The Kier molecular flexibility index (Phi) is 35.1. The summed E-state index contributed by atoms with van der Waals surface area (Å²) >= 11 is 0. The van der Waals surface area contributed by atoms with Crippen molar-refractivity contribution in [2.45, 2.75) is 188 Å². The quantitative estimate of drug-likeness (QED) is 0.0244. The average molecular weight is 1820 g/mol. The van der Waals surface area contributed by atoms with E-state index in [0.717, 1.165) is 49.2 Å². The van der Waals surface area contributed by atoms with Gasteiger partial charge in [-0.25, -0.2) is 0 Å². The Balaban J connectivity index is 0.764. The van der Waals surface area contributed by atoms with Gasteiger partial charge in [-0.05, 0) is 179 Å². The summed E-state index contributed by atoms with van der Waals surface area (Å²) in [5.74, 6) is -11.3. The summed E-state index contributed by atoms with van der Waals surface area (Å²) in [4.78, 5) is 210. The van der Waals surface area contributed by atoms with Crippen LogP contribution in [0.2, 0.25) is 0 Å². The standard InChI is InChI=1S/C96H120N24O13/c97-37-17-13-33-74(112-87(124)67(101)41-55-48-104-68-27-7-1-21-61(55)68)90(127)117-80(44-58-51-107-71-30-10-4-24-64(58)71)95(132)115-77(36-16-20-40-100)92(129)119-82(46-60-53-109-73-32-12-6-26-66(60)73)96(133)120-83(47-84(102)121)88(125)110-54-85(122)111-79(43-57-50-106-70-29-9-3-23-63(57)70)93(130)113-76(35-15-19-39-99)91(128)118-81(45-59-52-108-72-31-11-5-25-65(59)72)94(131)114-75(34-14-18-38-98)89(126)116-78(86(103)123)42-56-49-105-69-28-8-2-22-62(56)69/h1-12,21-32,48-53,67,74-83,104-109H,13-20,33-47,54,97-101H2,(H2,102,121)(H2,103,123)(H,110,125)(H,111,122)(H,112,124)(H,113,130)(H,114,131)(H,115,132)(H,116,126)(H,117,127)(H,118,128)(H,119,129)(H,120,133)/t67-,74-,75-,76-,77-,78-,79-,80-,81-,82-,83+/m1/s1. The maximum Gasteiger partial charge on any atom is 0.243 e.